The molecule has 3 nitrogen and oxygen atoms in total. The molecule has 0 aliphatic rings. The highest BCUT2D eigenvalue weighted by atomic mass is 35.5. The second-order valence-electron chi connectivity index (χ2n) is 4.08. The molecule has 0 fully saturated rings. The Morgan fingerprint density at radius 2 is 2.28 bits per heavy atom. The van der Waals surface area contributed by atoms with Crippen LogP contribution >= 0.6 is 23.4 Å². The third-order valence-electron chi connectivity index (χ3n) is 2.42. The number of hydrogen-bond donors (Lipinski definition) is 1. The van der Waals surface area contributed by atoms with E-state index in [9.17, 15) is 4.79 Å². The molecule has 0 amide bonds. The van der Waals surface area contributed by atoms with Gasteiger partial charge in [0.05, 0.1) is 17.9 Å². The van der Waals surface area contributed by atoms with Crippen molar-refractivity contribution in [2.75, 3.05) is 25.2 Å². The molecule has 1 atom stereocenters. The van der Waals surface area contributed by atoms with Gasteiger partial charge in [0.15, 0.2) is 5.78 Å². The molecule has 1 aromatic carbocycles. The monoisotopic (exact) mass is 288 g/mol. The minimum absolute atomic E-state index is 0.0368. The zero-order chi connectivity index (χ0) is 13.5. The number of rotatable bonds is 7. The molecule has 0 aliphatic carbocycles. The van der Waals surface area contributed by atoms with Crippen molar-refractivity contribution in [3.63, 3.8) is 0 Å². The average molecular weight is 289 g/mol. The van der Waals surface area contributed by atoms with E-state index in [0.29, 0.717) is 22.1 Å². The molecular weight excluding hydrogens is 272 g/mol. The Morgan fingerprint density at radius 1 is 1.56 bits per heavy atom. The lowest BCUT2D eigenvalue weighted by Crippen LogP contribution is -2.08. The van der Waals surface area contributed by atoms with E-state index in [-0.39, 0.29) is 18.3 Å². The second-order valence-corrected chi connectivity index (χ2v) is 5.51. The standard InChI is InChI=1S/C13H17ClO3S/c1-9(6-15)7-18-8-12(16)10-3-4-13(17-2)11(14)5-10/h3-5,9,15H,6-8H2,1-2H3. The van der Waals surface area contributed by atoms with Gasteiger partial charge in [-0.15, -0.1) is 0 Å². The van der Waals surface area contributed by atoms with Gasteiger partial charge in [-0.1, -0.05) is 18.5 Å². The lowest BCUT2D eigenvalue weighted by molar-refractivity contribution is 0.102. The van der Waals surface area contributed by atoms with E-state index in [1.54, 1.807) is 18.2 Å². The second kappa shape index (κ2) is 7.67. The zero-order valence-electron chi connectivity index (χ0n) is 10.5. The number of hydrogen-bond acceptors (Lipinski definition) is 4. The summed E-state index contributed by atoms with van der Waals surface area (Å²) in [6.45, 7) is 2.09. The summed E-state index contributed by atoms with van der Waals surface area (Å²) in [5.74, 6) is 1.98. The van der Waals surface area contributed by atoms with Crippen LogP contribution in [0.1, 0.15) is 17.3 Å². The number of carbonyl (C=O) groups excluding carboxylic acids is 1. The molecular formula is C13H17ClO3S. The maximum atomic E-state index is 11.9. The lowest BCUT2D eigenvalue weighted by atomic mass is 10.1. The van der Waals surface area contributed by atoms with E-state index in [2.05, 4.69) is 0 Å². The number of Topliss-reactive ketones (excluding diaryl/α,β-unsaturated/α-hetero) is 1. The molecule has 5 heteroatoms. The third kappa shape index (κ3) is 4.52. The van der Waals surface area contributed by atoms with Crippen LogP contribution in [-0.4, -0.2) is 36.1 Å². The van der Waals surface area contributed by atoms with Gasteiger partial charge >= 0.3 is 0 Å². The number of benzene rings is 1. The van der Waals surface area contributed by atoms with Gasteiger partial charge in [0.1, 0.15) is 5.75 Å². The molecule has 100 valence electrons. The molecule has 1 N–H and O–H groups in total. The predicted molar refractivity (Wildman–Crippen MR) is 75.9 cm³/mol. The van der Waals surface area contributed by atoms with Crippen molar-refractivity contribution in [1.29, 1.82) is 0 Å². The van der Waals surface area contributed by atoms with E-state index < -0.39 is 0 Å². The van der Waals surface area contributed by atoms with Crippen LogP contribution in [0, 0.1) is 5.92 Å². The Balaban J connectivity index is 2.54. The van der Waals surface area contributed by atoms with Gasteiger partial charge in [-0.3, -0.25) is 4.79 Å². The lowest BCUT2D eigenvalue weighted by Gasteiger charge is -2.07. The minimum atomic E-state index is 0.0368. The van der Waals surface area contributed by atoms with Crippen molar-refractivity contribution in [3.8, 4) is 5.75 Å². The van der Waals surface area contributed by atoms with Crippen LogP contribution in [0.3, 0.4) is 0 Å². The molecule has 0 heterocycles. The highest BCUT2D eigenvalue weighted by Gasteiger charge is 2.10. The topological polar surface area (TPSA) is 46.5 Å². The molecule has 1 unspecified atom stereocenters. The van der Waals surface area contributed by atoms with Gasteiger partial charge in [-0.05, 0) is 29.9 Å². The maximum absolute atomic E-state index is 11.9. The third-order valence-corrected chi connectivity index (χ3v) is 3.99. The SMILES string of the molecule is COc1ccc(C(=O)CSCC(C)CO)cc1Cl. The molecule has 0 radical (unpaired) electrons. The number of aliphatic hydroxyl groups excluding tert-OH is 1. The van der Waals surface area contributed by atoms with Crippen molar-refractivity contribution in [1.82, 2.24) is 0 Å². The van der Waals surface area contributed by atoms with Crippen molar-refractivity contribution in [2.45, 2.75) is 6.92 Å². The molecule has 0 aliphatic heterocycles. The summed E-state index contributed by atoms with van der Waals surface area (Å²) in [5, 5.41) is 9.32. The fourth-order valence-corrected chi connectivity index (χ4v) is 2.56. The van der Waals surface area contributed by atoms with E-state index in [0.717, 1.165) is 5.75 Å². The predicted octanol–water partition coefficient (Wildman–Crippen LogP) is 2.89. The van der Waals surface area contributed by atoms with Crippen molar-refractivity contribution in [2.24, 2.45) is 5.92 Å². The number of thioether (sulfide) groups is 1. The fraction of sp³-hybridized carbons (Fsp3) is 0.462. The van der Waals surface area contributed by atoms with Crippen LogP contribution < -0.4 is 4.74 Å². The van der Waals surface area contributed by atoms with E-state index in [1.807, 2.05) is 6.92 Å². The van der Waals surface area contributed by atoms with E-state index in [1.165, 1.54) is 18.9 Å². The van der Waals surface area contributed by atoms with Crippen LogP contribution in [0.5, 0.6) is 5.75 Å². The summed E-state index contributed by atoms with van der Waals surface area (Å²) >= 11 is 7.48. The molecule has 0 spiro atoms. The molecule has 18 heavy (non-hydrogen) atoms. The summed E-state index contributed by atoms with van der Waals surface area (Å²) in [4.78, 5) is 11.9. The summed E-state index contributed by atoms with van der Waals surface area (Å²) in [5.41, 5.74) is 0.588. The van der Waals surface area contributed by atoms with Crippen molar-refractivity contribution in [3.05, 3.63) is 28.8 Å². The first-order chi connectivity index (χ1) is 8.58. The Kier molecular flexibility index (Phi) is 6.54. The Hall–Kier alpha value is -0.710. The molecule has 0 aromatic heterocycles. The number of carbonyl (C=O) groups is 1. The van der Waals surface area contributed by atoms with Crippen molar-refractivity contribution < 1.29 is 14.6 Å². The largest absolute Gasteiger partial charge is 0.495 e. The first kappa shape index (κ1) is 15.3. The van der Waals surface area contributed by atoms with Crippen LogP contribution in [0.4, 0.5) is 0 Å². The first-order valence-electron chi connectivity index (χ1n) is 5.63. The summed E-state index contributed by atoms with van der Waals surface area (Å²) < 4.78 is 5.03. The van der Waals surface area contributed by atoms with Gasteiger partial charge < -0.3 is 9.84 Å². The van der Waals surface area contributed by atoms with E-state index in [4.69, 9.17) is 21.4 Å². The van der Waals surface area contributed by atoms with Gasteiger partial charge in [0.25, 0.3) is 0 Å². The smallest absolute Gasteiger partial charge is 0.172 e. The Labute approximate surface area is 116 Å². The zero-order valence-corrected chi connectivity index (χ0v) is 12.1. The quantitative estimate of drug-likeness (QED) is 0.784. The maximum Gasteiger partial charge on any atom is 0.172 e. The van der Waals surface area contributed by atoms with Crippen LogP contribution in [-0.2, 0) is 0 Å². The van der Waals surface area contributed by atoms with Gasteiger partial charge in [-0.2, -0.15) is 11.8 Å². The van der Waals surface area contributed by atoms with Gasteiger partial charge in [-0.25, -0.2) is 0 Å². The highest BCUT2D eigenvalue weighted by molar-refractivity contribution is 7.99. The first-order valence-corrected chi connectivity index (χ1v) is 7.17. The number of aliphatic hydroxyl groups is 1. The molecule has 0 saturated heterocycles. The summed E-state index contributed by atoms with van der Waals surface area (Å²) in [7, 11) is 1.54. The number of halogens is 1. The number of ether oxygens (including phenoxy) is 1. The molecule has 1 aromatic rings. The van der Waals surface area contributed by atoms with Crippen molar-refractivity contribution >= 4 is 29.1 Å². The average Bonchev–Trinajstić information content (AvgIpc) is 2.38. The molecule has 0 bridgehead atoms. The number of ketones is 1. The summed E-state index contributed by atoms with van der Waals surface area (Å²) in [6, 6.07) is 5.03. The molecule has 1 rings (SSSR count). The minimum Gasteiger partial charge on any atom is -0.495 e. The van der Waals surface area contributed by atoms with Crippen LogP contribution in [0.15, 0.2) is 18.2 Å². The normalized spacial score (nSPS) is 12.2. The van der Waals surface area contributed by atoms with Gasteiger partial charge in [0.2, 0.25) is 0 Å². The Bertz CT molecular complexity index is 409. The number of methoxy groups -OCH3 is 1. The van der Waals surface area contributed by atoms with Crippen LogP contribution in [0.2, 0.25) is 5.02 Å². The fourth-order valence-electron chi connectivity index (χ4n) is 1.33. The highest BCUT2D eigenvalue weighted by Crippen LogP contribution is 2.25. The van der Waals surface area contributed by atoms with E-state index >= 15 is 0 Å². The Morgan fingerprint density at radius 3 is 2.83 bits per heavy atom. The summed E-state index contributed by atoms with van der Waals surface area (Å²) in [6.07, 6.45) is 0. The van der Waals surface area contributed by atoms with Crippen LogP contribution in [0.25, 0.3) is 0 Å². The van der Waals surface area contributed by atoms with Gasteiger partial charge in [0, 0.05) is 12.2 Å². The molecule has 0 saturated carbocycles.